The molecule has 0 atom stereocenters. The Kier molecular flexibility index (Phi) is 5.38. The zero-order valence-electron chi connectivity index (χ0n) is 17.9. The number of para-hydroxylation sites is 1. The van der Waals surface area contributed by atoms with Gasteiger partial charge in [0.2, 0.25) is 5.78 Å². The van der Waals surface area contributed by atoms with Crippen LogP contribution in [-0.2, 0) is 4.74 Å². The van der Waals surface area contributed by atoms with Crippen molar-refractivity contribution in [2.24, 2.45) is 0 Å². The number of ketones is 1. The second kappa shape index (κ2) is 8.14. The Labute approximate surface area is 180 Å². The molecule has 31 heavy (non-hydrogen) atoms. The van der Waals surface area contributed by atoms with Gasteiger partial charge in [-0.2, -0.15) is 0 Å². The van der Waals surface area contributed by atoms with Gasteiger partial charge in [0.15, 0.2) is 11.5 Å². The van der Waals surface area contributed by atoms with Crippen molar-refractivity contribution in [3.05, 3.63) is 77.0 Å². The fourth-order valence-corrected chi connectivity index (χ4v) is 3.88. The van der Waals surface area contributed by atoms with Crippen molar-refractivity contribution in [3.8, 4) is 11.5 Å². The van der Waals surface area contributed by atoms with Crippen LogP contribution in [0.25, 0.3) is 16.4 Å². The van der Waals surface area contributed by atoms with Gasteiger partial charge in [0, 0.05) is 10.9 Å². The maximum Gasteiger partial charge on any atom is 0.340 e. The standard InChI is InChI=1S/C25H23NO5/c1-5-31-25(28)18-14-21(24(27)16-10-11-22(29-3)23(13-16)30-4)26-19-9-7-6-8-17(19)15(2)12-20(18)26/h6-14H,5H2,1-4H3. The molecule has 0 spiro atoms. The summed E-state index contributed by atoms with van der Waals surface area (Å²) >= 11 is 0. The van der Waals surface area contributed by atoms with Gasteiger partial charge in [-0.15, -0.1) is 0 Å². The summed E-state index contributed by atoms with van der Waals surface area (Å²) in [5, 5.41) is 1.00. The smallest absolute Gasteiger partial charge is 0.340 e. The minimum Gasteiger partial charge on any atom is -0.493 e. The van der Waals surface area contributed by atoms with E-state index < -0.39 is 5.97 Å². The molecule has 0 saturated carbocycles. The van der Waals surface area contributed by atoms with Crippen molar-refractivity contribution in [1.82, 2.24) is 4.40 Å². The molecule has 158 valence electrons. The molecule has 2 aromatic heterocycles. The number of rotatable bonds is 6. The quantitative estimate of drug-likeness (QED) is 0.332. The Morgan fingerprint density at radius 1 is 0.903 bits per heavy atom. The maximum absolute atomic E-state index is 13.6. The molecule has 2 heterocycles. The lowest BCUT2D eigenvalue weighted by atomic mass is 10.1. The number of aryl methyl sites for hydroxylation is 1. The summed E-state index contributed by atoms with van der Waals surface area (Å²) in [6.07, 6.45) is 0. The van der Waals surface area contributed by atoms with Gasteiger partial charge in [0.1, 0.15) is 0 Å². The molecule has 6 heteroatoms. The van der Waals surface area contributed by atoms with Gasteiger partial charge < -0.3 is 18.6 Å². The van der Waals surface area contributed by atoms with Crippen LogP contribution in [0, 0.1) is 6.92 Å². The van der Waals surface area contributed by atoms with Gasteiger partial charge in [-0.05, 0) is 55.8 Å². The normalized spacial score (nSPS) is 11.0. The Bertz CT molecular complexity index is 1320. The molecule has 0 N–H and O–H groups in total. The van der Waals surface area contributed by atoms with E-state index >= 15 is 0 Å². The van der Waals surface area contributed by atoms with Gasteiger partial charge in [-0.1, -0.05) is 18.2 Å². The van der Waals surface area contributed by atoms with E-state index in [0.717, 1.165) is 16.5 Å². The van der Waals surface area contributed by atoms with Crippen molar-refractivity contribution in [3.63, 3.8) is 0 Å². The molecular weight excluding hydrogens is 394 g/mol. The number of aromatic nitrogens is 1. The third-order valence-corrected chi connectivity index (χ3v) is 5.34. The number of ether oxygens (including phenoxy) is 3. The lowest BCUT2D eigenvalue weighted by Gasteiger charge is -2.11. The van der Waals surface area contributed by atoms with Crippen LogP contribution in [0.2, 0.25) is 0 Å². The Morgan fingerprint density at radius 3 is 2.35 bits per heavy atom. The van der Waals surface area contributed by atoms with Crippen LogP contribution in [0.4, 0.5) is 0 Å². The molecule has 2 aromatic carbocycles. The molecule has 0 saturated heterocycles. The topological polar surface area (TPSA) is 66.2 Å². The fraction of sp³-hybridized carbons (Fsp3) is 0.200. The molecule has 0 aliphatic heterocycles. The highest BCUT2D eigenvalue weighted by atomic mass is 16.5. The number of carbonyl (C=O) groups excluding carboxylic acids is 2. The van der Waals surface area contributed by atoms with Crippen LogP contribution in [0.15, 0.2) is 54.6 Å². The van der Waals surface area contributed by atoms with Gasteiger partial charge >= 0.3 is 5.97 Å². The maximum atomic E-state index is 13.6. The zero-order valence-corrected chi connectivity index (χ0v) is 17.9. The van der Waals surface area contributed by atoms with Crippen molar-refractivity contribution < 1.29 is 23.8 Å². The molecule has 0 unspecified atom stereocenters. The Hall–Kier alpha value is -3.80. The van der Waals surface area contributed by atoms with Crippen molar-refractivity contribution >= 4 is 28.2 Å². The SMILES string of the molecule is CCOC(=O)c1cc(C(=O)c2ccc(OC)c(OC)c2)n2c1cc(C)c1ccccc12. The fourth-order valence-electron chi connectivity index (χ4n) is 3.88. The van der Waals surface area contributed by atoms with Crippen molar-refractivity contribution in [1.29, 1.82) is 0 Å². The summed E-state index contributed by atoms with van der Waals surface area (Å²) in [6.45, 7) is 3.99. The van der Waals surface area contributed by atoms with Crippen LogP contribution < -0.4 is 9.47 Å². The minimum atomic E-state index is -0.457. The van der Waals surface area contributed by atoms with Crippen molar-refractivity contribution in [2.45, 2.75) is 13.8 Å². The average molecular weight is 417 g/mol. The molecule has 4 rings (SSSR count). The number of nitrogens with zero attached hydrogens (tertiary/aromatic N) is 1. The predicted octanol–water partition coefficient (Wildman–Crippen LogP) is 4.83. The van der Waals surface area contributed by atoms with Gasteiger partial charge in [0.25, 0.3) is 0 Å². The molecule has 0 bridgehead atoms. The third kappa shape index (κ3) is 3.40. The number of carbonyl (C=O) groups is 2. The predicted molar refractivity (Wildman–Crippen MR) is 119 cm³/mol. The highest BCUT2D eigenvalue weighted by Gasteiger charge is 2.24. The van der Waals surface area contributed by atoms with E-state index in [4.69, 9.17) is 14.2 Å². The lowest BCUT2D eigenvalue weighted by molar-refractivity contribution is 0.0529. The molecule has 0 radical (unpaired) electrons. The molecule has 0 aliphatic carbocycles. The van der Waals surface area contributed by atoms with E-state index in [1.807, 2.05) is 41.7 Å². The van der Waals surface area contributed by atoms with Crippen LogP contribution in [-0.4, -0.2) is 37.0 Å². The number of pyridine rings is 1. The van der Waals surface area contributed by atoms with Crippen LogP contribution in [0.1, 0.15) is 38.9 Å². The Morgan fingerprint density at radius 2 is 1.65 bits per heavy atom. The van der Waals surface area contributed by atoms with Gasteiger partial charge in [0.05, 0.1) is 43.1 Å². The lowest BCUT2D eigenvalue weighted by Crippen LogP contribution is -2.07. The van der Waals surface area contributed by atoms with E-state index in [9.17, 15) is 9.59 Å². The largest absolute Gasteiger partial charge is 0.493 e. The minimum absolute atomic E-state index is 0.236. The average Bonchev–Trinajstić information content (AvgIpc) is 3.18. The zero-order chi connectivity index (χ0) is 22.1. The number of hydrogen-bond donors (Lipinski definition) is 0. The summed E-state index contributed by atoms with van der Waals surface area (Å²) in [5.74, 6) is 0.300. The third-order valence-electron chi connectivity index (χ3n) is 5.34. The number of hydrogen-bond acceptors (Lipinski definition) is 5. The second-order valence-electron chi connectivity index (χ2n) is 7.13. The molecule has 4 aromatic rings. The first-order valence-electron chi connectivity index (χ1n) is 9.97. The van der Waals surface area contributed by atoms with Crippen LogP contribution >= 0.6 is 0 Å². The van der Waals surface area contributed by atoms with E-state index in [1.165, 1.54) is 7.11 Å². The van der Waals surface area contributed by atoms with Gasteiger partial charge in [-0.25, -0.2) is 4.79 Å². The highest BCUT2D eigenvalue weighted by Crippen LogP contribution is 2.31. The van der Waals surface area contributed by atoms with E-state index in [0.29, 0.717) is 33.8 Å². The van der Waals surface area contributed by atoms with Crippen LogP contribution in [0.5, 0.6) is 11.5 Å². The second-order valence-corrected chi connectivity index (χ2v) is 7.13. The summed E-state index contributed by atoms with van der Waals surface area (Å²) in [6, 6.07) is 16.3. The number of benzene rings is 2. The molecule has 0 fully saturated rings. The first-order chi connectivity index (χ1) is 15.0. The summed E-state index contributed by atoms with van der Waals surface area (Å²) in [7, 11) is 3.06. The number of esters is 1. The summed E-state index contributed by atoms with van der Waals surface area (Å²) < 4.78 is 17.7. The first kappa shape index (κ1) is 20.5. The molecule has 6 nitrogen and oxygen atoms in total. The molecule has 0 amide bonds. The van der Waals surface area contributed by atoms with E-state index in [2.05, 4.69) is 0 Å². The van der Waals surface area contributed by atoms with E-state index in [1.54, 1.807) is 38.3 Å². The monoisotopic (exact) mass is 417 g/mol. The van der Waals surface area contributed by atoms with E-state index in [-0.39, 0.29) is 12.4 Å². The first-order valence-corrected chi connectivity index (χ1v) is 9.97. The molecule has 0 aliphatic rings. The number of methoxy groups -OCH3 is 2. The Balaban J connectivity index is 2.00. The highest BCUT2D eigenvalue weighted by molar-refractivity contribution is 6.13. The van der Waals surface area contributed by atoms with Crippen molar-refractivity contribution in [2.75, 3.05) is 20.8 Å². The summed E-state index contributed by atoms with van der Waals surface area (Å²) in [5.41, 5.74) is 3.66. The van der Waals surface area contributed by atoms with Gasteiger partial charge in [-0.3, -0.25) is 4.79 Å². The van der Waals surface area contributed by atoms with Crippen LogP contribution in [0.3, 0.4) is 0 Å². The molecular formula is C25H23NO5. The number of fused-ring (bicyclic) bond motifs is 3. The summed E-state index contributed by atoms with van der Waals surface area (Å²) in [4.78, 5) is 26.3.